The highest BCUT2D eigenvalue weighted by Gasteiger charge is 2.23. The van der Waals surface area contributed by atoms with Crippen molar-refractivity contribution in [3.05, 3.63) is 35.9 Å². The number of sulfonamides is 1. The minimum atomic E-state index is -3.26. The van der Waals surface area contributed by atoms with Crippen LogP contribution in [0.5, 0.6) is 0 Å². The van der Waals surface area contributed by atoms with E-state index in [-0.39, 0.29) is 18.9 Å². The van der Waals surface area contributed by atoms with E-state index in [1.54, 1.807) is 0 Å². The normalized spacial score (nSPS) is 16.0. The van der Waals surface area contributed by atoms with Crippen molar-refractivity contribution in [3.63, 3.8) is 0 Å². The third-order valence-electron chi connectivity index (χ3n) is 5.03. The fourth-order valence-corrected chi connectivity index (χ4v) is 4.24. The Balaban J connectivity index is 1.76. The highest BCUT2D eigenvalue weighted by molar-refractivity contribution is 7.88. The molecule has 1 aromatic carbocycles. The summed E-state index contributed by atoms with van der Waals surface area (Å²) in [6, 6.07) is 10.3. The number of carbonyl (C=O) groups excluding carboxylic acids is 1. The molecule has 0 aliphatic carbocycles. The molecule has 1 amide bonds. The van der Waals surface area contributed by atoms with Crippen molar-refractivity contribution in [2.45, 2.75) is 39.2 Å². The molecule has 0 unspecified atom stereocenters. The second kappa shape index (κ2) is 10.8. The molecular formula is C20H33N3O3S. The van der Waals surface area contributed by atoms with Crippen LogP contribution in [0.25, 0.3) is 0 Å². The summed E-state index contributed by atoms with van der Waals surface area (Å²) in [5, 5.41) is 0. The number of carbonyl (C=O) groups is 1. The highest BCUT2D eigenvalue weighted by Crippen LogP contribution is 2.11. The van der Waals surface area contributed by atoms with E-state index in [0.29, 0.717) is 19.6 Å². The molecule has 0 aromatic heterocycles. The lowest BCUT2D eigenvalue weighted by Crippen LogP contribution is -2.49. The molecule has 27 heavy (non-hydrogen) atoms. The molecule has 0 atom stereocenters. The van der Waals surface area contributed by atoms with Crippen LogP contribution in [0.15, 0.2) is 30.3 Å². The summed E-state index contributed by atoms with van der Waals surface area (Å²) in [6.45, 7) is 6.91. The molecule has 0 radical (unpaired) electrons. The van der Waals surface area contributed by atoms with Crippen LogP contribution in [0.2, 0.25) is 0 Å². The van der Waals surface area contributed by atoms with Gasteiger partial charge in [0, 0.05) is 52.2 Å². The molecule has 0 saturated carbocycles. The highest BCUT2D eigenvalue weighted by atomic mass is 32.2. The Morgan fingerprint density at radius 2 is 1.70 bits per heavy atom. The Morgan fingerprint density at radius 3 is 2.30 bits per heavy atom. The minimum Gasteiger partial charge on any atom is -0.340 e. The van der Waals surface area contributed by atoms with Gasteiger partial charge in [0.05, 0.1) is 6.26 Å². The van der Waals surface area contributed by atoms with Crippen molar-refractivity contribution >= 4 is 15.9 Å². The maximum Gasteiger partial charge on any atom is 0.223 e. The van der Waals surface area contributed by atoms with E-state index >= 15 is 0 Å². The summed E-state index contributed by atoms with van der Waals surface area (Å²) < 4.78 is 25.3. The van der Waals surface area contributed by atoms with Crippen LogP contribution < -0.4 is 0 Å². The minimum absolute atomic E-state index is 0.0542. The summed E-state index contributed by atoms with van der Waals surface area (Å²) >= 11 is 0. The van der Waals surface area contributed by atoms with E-state index in [9.17, 15) is 13.2 Å². The lowest BCUT2D eigenvalue weighted by molar-refractivity contribution is -0.133. The van der Waals surface area contributed by atoms with Gasteiger partial charge in [-0.25, -0.2) is 12.7 Å². The van der Waals surface area contributed by atoms with E-state index in [1.165, 1.54) is 16.1 Å². The lowest BCUT2D eigenvalue weighted by atomic mass is 10.2. The zero-order chi connectivity index (χ0) is 19.7. The number of rotatable bonds is 10. The van der Waals surface area contributed by atoms with Gasteiger partial charge in [0.25, 0.3) is 0 Å². The molecule has 7 heteroatoms. The molecule has 2 rings (SSSR count). The first-order valence-electron chi connectivity index (χ1n) is 9.89. The standard InChI is InChI=1S/C20H33N3O3S/c1-3-4-8-12-23(27(2,25)26)13-11-20(24)22-16-14-21(15-17-22)18-19-9-6-5-7-10-19/h5-7,9-10H,3-4,8,11-18H2,1-2H3. The zero-order valence-electron chi connectivity index (χ0n) is 16.6. The summed E-state index contributed by atoms with van der Waals surface area (Å²) in [5.74, 6) is 0.0542. The summed E-state index contributed by atoms with van der Waals surface area (Å²) in [5.41, 5.74) is 1.29. The fourth-order valence-electron chi connectivity index (χ4n) is 3.36. The van der Waals surface area contributed by atoms with Crippen LogP contribution >= 0.6 is 0 Å². The summed E-state index contributed by atoms with van der Waals surface area (Å²) in [7, 11) is -3.26. The van der Waals surface area contributed by atoms with E-state index in [1.807, 2.05) is 23.1 Å². The molecule has 6 nitrogen and oxygen atoms in total. The summed E-state index contributed by atoms with van der Waals surface area (Å²) in [6.07, 6.45) is 4.38. The average Bonchev–Trinajstić information content (AvgIpc) is 2.65. The Hall–Kier alpha value is -1.44. The number of amides is 1. The van der Waals surface area contributed by atoms with E-state index in [0.717, 1.165) is 38.9 Å². The number of nitrogens with zero attached hydrogens (tertiary/aromatic N) is 3. The van der Waals surface area contributed by atoms with Crippen molar-refractivity contribution in [3.8, 4) is 0 Å². The topological polar surface area (TPSA) is 60.9 Å². The second-order valence-corrected chi connectivity index (χ2v) is 9.24. The smallest absolute Gasteiger partial charge is 0.223 e. The summed E-state index contributed by atoms with van der Waals surface area (Å²) in [4.78, 5) is 16.7. The van der Waals surface area contributed by atoms with Crippen molar-refractivity contribution in [1.82, 2.24) is 14.1 Å². The Labute approximate surface area is 164 Å². The van der Waals surface area contributed by atoms with Gasteiger partial charge in [0.15, 0.2) is 0 Å². The largest absolute Gasteiger partial charge is 0.340 e. The number of hydrogen-bond acceptors (Lipinski definition) is 4. The van der Waals surface area contributed by atoms with Crippen molar-refractivity contribution < 1.29 is 13.2 Å². The van der Waals surface area contributed by atoms with Gasteiger partial charge in [0.1, 0.15) is 0 Å². The SMILES string of the molecule is CCCCCN(CCC(=O)N1CCN(Cc2ccccc2)CC1)S(C)(=O)=O. The van der Waals surface area contributed by atoms with Gasteiger partial charge in [-0.1, -0.05) is 50.1 Å². The molecule has 1 saturated heterocycles. The third kappa shape index (κ3) is 7.60. The van der Waals surface area contributed by atoms with Crippen molar-refractivity contribution in [1.29, 1.82) is 0 Å². The van der Waals surface area contributed by atoms with E-state index < -0.39 is 10.0 Å². The lowest BCUT2D eigenvalue weighted by Gasteiger charge is -2.35. The zero-order valence-corrected chi connectivity index (χ0v) is 17.5. The molecular weight excluding hydrogens is 362 g/mol. The first-order chi connectivity index (χ1) is 12.9. The van der Waals surface area contributed by atoms with Gasteiger partial charge in [-0.2, -0.15) is 0 Å². The van der Waals surface area contributed by atoms with Crippen LogP contribution in [0.1, 0.15) is 38.2 Å². The Morgan fingerprint density at radius 1 is 1.04 bits per heavy atom. The first kappa shape index (κ1) is 21.9. The first-order valence-corrected chi connectivity index (χ1v) is 11.7. The van der Waals surface area contributed by atoms with Crippen LogP contribution in [0.3, 0.4) is 0 Å². The number of benzene rings is 1. The molecule has 1 aromatic rings. The van der Waals surface area contributed by atoms with Gasteiger partial charge in [-0.15, -0.1) is 0 Å². The average molecular weight is 396 g/mol. The molecule has 1 aliphatic heterocycles. The molecule has 0 spiro atoms. The molecule has 152 valence electrons. The number of unbranched alkanes of at least 4 members (excludes halogenated alkanes) is 2. The quantitative estimate of drug-likeness (QED) is 0.570. The van der Waals surface area contributed by atoms with Gasteiger partial charge in [-0.3, -0.25) is 9.69 Å². The van der Waals surface area contributed by atoms with Gasteiger partial charge < -0.3 is 4.90 Å². The predicted molar refractivity (Wildman–Crippen MR) is 109 cm³/mol. The molecule has 1 aliphatic rings. The van der Waals surface area contributed by atoms with E-state index in [4.69, 9.17) is 0 Å². The van der Waals surface area contributed by atoms with Gasteiger partial charge >= 0.3 is 0 Å². The third-order valence-corrected chi connectivity index (χ3v) is 6.33. The molecule has 0 bridgehead atoms. The van der Waals surface area contributed by atoms with E-state index in [2.05, 4.69) is 24.0 Å². The Bertz CT molecular complexity index is 671. The van der Waals surface area contributed by atoms with Gasteiger partial charge in [0.2, 0.25) is 15.9 Å². The van der Waals surface area contributed by atoms with Gasteiger partial charge in [-0.05, 0) is 12.0 Å². The van der Waals surface area contributed by atoms with Crippen LogP contribution in [0, 0.1) is 0 Å². The van der Waals surface area contributed by atoms with Crippen molar-refractivity contribution in [2.24, 2.45) is 0 Å². The number of piperazine rings is 1. The maximum atomic E-state index is 12.5. The second-order valence-electron chi connectivity index (χ2n) is 7.26. The van der Waals surface area contributed by atoms with Crippen LogP contribution in [-0.4, -0.2) is 74.0 Å². The maximum absolute atomic E-state index is 12.5. The molecule has 1 heterocycles. The monoisotopic (exact) mass is 395 g/mol. The van der Waals surface area contributed by atoms with Crippen molar-refractivity contribution in [2.75, 3.05) is 45.5 Å². The van der Waals surface area contributed by atoms with Crippen LogP contribution in [-0.2, 0) is 21.4 Å². The number of hydrogen-bond donors (Lipinski definition) is 0. The predicted octanol–water partition coefficient (Wildman–Crippen LogP) is 2.17. The fraction of sp³-hybridized carbons (Fsp3) is 0.650. The molecule has 1 fully saturated rings. The molecule has 0 N–H and O–H groups in total. The van der Waals surface area contributed by atoms with Crippen LogP contribution in [0.4, 0.5) is 0 Å². The Kier molecular flexibility index (Phi) is 8.73.